The van der Waals surface area contributed by atoms with Crippen LogP contribution in [0.1, 0.15) is 6.92 Å². The number of nitrogens with one attached hydrogen (secondary N) is 1. The summed E-state index contributed by atoms with van der Waals surface area (Å²) in [5, 5.41) is 2.82. The number of rotatable bonds is 4. The van der Waals surface area contributed by atoms with Gasteiger partial charge in [0.1, 0.15) is 5.82 Å². The zero-order valence-corrected chi connectivity index (χ0v) is 12.2. The number of halogens is 3. The molecule has 0 fully saturated rings. The Morgan fingerprint density at radius 2 is 2.16 bits per heavy atom. The van der Waals surface area contributed by atoms with Crippen molar-refractivity contribution in [3.05, 3.63) is 33.8 Å². The molecule has 0 saturated heterocycles. The van der Waals surface area contributed by atoms with Gasteiger partial charge in [0.15, 0.2) is 0 Å². The molecule has 1 heterocycles. The van der Waals surface area contributed by atoms with Crippen LogP contribution in [0.2, 0.25) is 5.28 Å². The van der Waals surface area contributed by atoms with Gasteiger partial charge in [-0.25, -0.2) is 4.39 Å². The molecule has 8 heteroatoms. The average molecular weight is 348 g/mol. The van der Waals surface area contributed by atoms with Crippen molar-refractivity contribution in [1.82, 2.24) is 15.0 Å². The van der Waals surface area contributed by atoms with Crippen LogP contribution in [0.3, 0.4) is 0 Å². The summed E-state index contributed by atoms with van der Waals surface area (Å²) in [7, 11) is 0. The molecule has 0 bridgehead atoms. The minimum absolute atomic E-state index is 0.00136. The third kappa shape index (κ3) is 3.74. The molecule has 0 saturated carbocycles. The zero-order chi connectivity index (χ0) is 13.8. The van der Waals surface area contributed by atoms with Crippen LogP contribution in [-0.4, -0.2) is 21.6 Å². The number of nitrogens with zero attached hydrogens (tertiary/aromatic N) is 3. The fourth-order valence-electron chi connectivity index (χ4n) is 1.28. The van der Waals surface area contributed by atoms with Crippen molar-refractivity contribution < 1.29 is 9.13 Å². The summed E-state index contributed by atoms with van der Waals surface area (Å²) in [5.41, 5.74) is 0.491. The Labute approximate surface area is 122 Å². The smallest absolute Gasteiger partial charge is 0.322 e. The summed E-state index contributed by atoms with van der Waals surface area (Å²) in [6.45, 7) is 2.21. The number of ether oxygens (including phenoxy) is 1. The van der Waals surface area contributed by atoms with E-state index in [1.165, 1.54) is 6.07 Å². The van der Waals surface area contributed by atoms with Gasteiger partial charge in [0, 0.05) is 5.69 Å². The minimum atomic E-state index is -0.393. The van der Waals surface area contributed by atoms with Crippen LogP contribution in [0.4, 0.5) is 16.0 Å². The first-order valence-electron chi connectivity index (χ1n) is 5.35. The fraction of sp³-hybridized carbons (Fsp3) is 0.182. The standard InChI is InChI=1S/C11H9BrClFN4O/c1-2-19-11-17-9(13)16-10(18-11)15-6-3-4-7(12)8(14)5-6/h3-5H,2H2,1H3,(H,15,16,17,18). The van der Waals surface area contributed by atoms with Crippen LogP contribution in [0, 0.1) is 5.82 Å². The van der Waals surface area contributed by atoms with Crippen LogP contribution in [0.25, 0.3) is 0 Å². The van der Waals surface area contributed by atoms with Crippen molar-refractivity contribution in [3.63, 3.8) is 0 Å². The Kier molecular flexibility index (Phi) is 4.49. The van der Waals surface area contributed by atoms with E-state index in [0.717, 1.165) is 0 Å². The van der Waals surface area contributed by atoms with E-state index in [0.29, 0.717) is 16.8 Å². The van der Waals surface area contributed by atoms with Crippen molar-refractivity contribution in [1.29, 1.82) is 0 Å². The van der Waals surface area contributed by atoms with E-state index in [4.69, 9.17) is 16.3 Å². The predicted molar refractivity (Wildman–Crippen MR) is 73.4 cm³/mol. The second-order valence-electron chi connectivity index (χ2n) is 3.40. The fourth-order valence-corrected chi connectivity index (χ4v) is 1.68. The van der Waals surface area contributed by atoms with E-state index in [2.05, 4.69) is 36.2 Å². The van der Waals surface area contributed by atoms with Gasteiger partial charge in [-0.05, 0) is 52.7 Å². The Balaban J connectivity index is 2.24. The quantitative estimate of drug-likeness (QED) is 0.916. The second-order valence-corrected chi connectivity index (χ2v) is 4.59. The van der Waals surface area contributed by atoms with Crippen LogP contribution >= 0.6 is 27.5 Å². The molecular weight excluding hydrogens is 339 g/mol. The molecule has 1 aromatic heterocycles. The molecule has 0 radical (unpaired) electrons. The maximum atomic E-state index is 13.4. The Morgan fingerprint density at radius 1 is 1.37 bits per heavy atom. The van der Waals surface area contributed by atoms with E-state index < -0.39 is 5.82 Å². The summed E-state index contributed by atoms with van der Waals surface area (Å²) >= 11 is 8.82. The lowest BCUT2D eigenvalue weighted by atomic mass is 10.3. The van der Waals surface area contributed by atoms with E-state index >= 15 is 0 Å². The number of hydrogen-bond donors (Lipinski definition) is 1. The lowest BCUT2D eigenvalue weighted by Gasteiger charge is -2.07. The molecule has 0 atom stereocenters. The van der Waals surface area contributed by atoms with E-state index in [-0.39, 0.29) is 17.2 Å². The lowest BCUT2D eigenvalue weighted by molar-refractivity contribution is 0.312. The molecule has 1 N–H and O–H groups in total. The van der Waals surface area contributed by atoms with Crippen molar-refractivity contribution in [2.45, 2.75) is 6.92 Å². The van der Waals surface area contributed by atoms with Gasteiger partial charge < -0.3 is 10.1 Å². The molecular formula is C11H9BrClFN4O. The highest BCUT2D eigenvalue weighted by molar-refractivity contribution is 9.10. The third-order valence-corrected chi connectivity index (χ3v) is 2.85. The van der Waals surface area contributed by atoms with E-state index in [1.54, 1.807) is 19.1 Å². The van der Waals surface area contributed by atoms with E-state index in [9.17, 15) is 4.39 Å². The van der Waals surface area contributed by atoms with Gasteiger partial charge in [-0.1, -0.05) is 0 Å². The van der Waals surface area contributed by atoms with Crippen LogP contribution in [0.15, 0.2) is 22.7 Å². The third-order valence-electron chi connectivity index (χ3n) is 2.04. The van der Waals surface area contributed by atoms with Gasteiger partial charge in [0.2, 0.25) is 11.2 Å². The van der Waals surface area contributed by atoms with Crippen molar-refractivity contribution >= 4 is 39.2 Å². The summed E-state index contributed by atoms with van der Waals surface area (Å²) in [4.78, 5) is 11.7. The molecule has 0 aliphatic heterocycles. The number of hydrogen-bond acceptors (Lipinski definition) is 5. The number of anilines is 2. The Bertz CT molecular complexity index is 599. The largest absolute Gasteiger partial charge is 0.464 e. The molecule has 0 spiro atoms. The molecule has 0 amide bonds. The van der Waals surface area contributed by atoms with Gasteiger partial charge in [-0.3, -0.25) is 0 Å². The van der Waals surface area contributed by atoms with Gasteiger partial charge in [-0.2, -0.15) is 15.0 Å². The van der Waals surface area contributed by atoms with Crippen LogP contribution in [-0.2, 0) is 0 Å². The topological polar surface area (TPSA) is 59.9 Å². The summed E-state index contributed by atoms with van der Waals surface area (Å²) < 4.78 is 18.9. The molecule has 100 valence electrons. The van der Waals surface area contributed by atoms with Gasteiger partial charge in [0.25, 0.3) is 0 Å². The zero-order valence-electron chi connectivity index (χ0n) is 9.82. The average Bonchev–Trinajstić information content (AvgIpc) is 2.33. The van der Waals surface area contributed by atoms with E-state index in [1.807, 2.05) is 0 Å². The maximum absolute atomic E-state index is 13.4. The number of aromatic nitrogens is 3. The van der Waals surface area contributed by atoms with Gasteiger partial charge >= 0.3 is 6.01 Å². The molecule has 19 heavy (non-hydrogen) atoms. The highest BCUT2D eigenvalue weighted by atomic mass is 79.9. The SMILES string of the molecule is CCOc1nc(Cl)nc(Nc2ccc(Br)c(F)c2)n1. The van der Waals surface area contributed by atoms with Crippen molar-refractivity contribution in [3.8, 4) is 6.01 Å². The maximum Gasteiger partial charge on any atom is 0.322 e. The highest BCUT2D eigenvalue weighted by Gasteiger charge is 2.07. The predicted octanol–water partition coefficient (Wildman–Crippen LogP) is 3.57. The van der Waals surface area contributed by atoms with Gasteiger partial charge in [-0.15, -0.1) is 0 Å². The molecule has 5 nitrogen and oxygen atoms in total. The molecule has 1 aromatic carbocycles. The molecule has 2 aromatic rings. The first-order chi connectivity index (χ1) is 9.08. The molecule has 0 aliphatic carbocycles. The lowest BCUT2D eigenvalue weighted by Crippen LogP contribution is -2.04. The molecule has 0 unspecified atom stereocenters. The summed E-state index contributed by atoms with van der Waals surface area (Å²) in [5.74, 6) is -0.208. The van der Waals surface area contributed by atoms with Gasteiger partial charge in [0.05, 0.1) is 11.1 Å². The normalized spacial score (nSPS) is 10.3. The van der Waals surface area contributed by atoms with Crippen LogP contribution in [0.5, 0.6) is 6.01 Å². The van der Waals surface area contributed by atoms with Crippen molar-refractivity contribution in [2.24, 2.45) is 0 Å². The molecule has 0 aliphatic rings. The monoisotopic (exact) mass is 346 g/mol. The summed E-state index contributed by atoms with van der Waals surface area (Å²) in [6, 6.07) is 4.67. The molecule has 2 rings (SSSR count). The second kappa shape index (κ2) is 6.12. The first kappa shape index (κ1) is 14.0. The minimum Gasteiger partial charge on any atom is -0.464 e. The number of benzene rings is 1. The van der Waals surface area contributed by atoms with Crippen molar-refractivity contribution in [2.75, 3.05) is 11.9 Å². The Morgan fingerprint density at radius 3 is 2.84 bits per heavy atom. The first-order valence-corrected chi connectivity index (χ1v) is 6.52. The van der Waals surface area contributed by atoms with Crippen LogP contribution < -0.4 is 10.1 Å². The highest BCUT2D eigenvalue weighted by Crippen LogP contribution is 2.22. The summed E-state index contributed by atoms with van der Waals surface area (Å²) in [6.07, 6.45) is 0. The Hall–Kier alpha value is -1.47.